The molecular formula is C6H14NaO8Si. The minimum absolute atomic E-state index is 0. The van der Waals surface area contributed by atoms with Crippen molar-refractivity contribution in [3.8, 4) is 0 Å². The third-order valence-electron chi connectivity index (χ3n) is 1.51. The first kappa shape index (κ1) is 21.8. The van der Waals surface area contributed by atoms with Gasteiger partial charge in [0.2, 0.25) is 0 Å². The Bertz CT molecular complexity index is 173. The molecule has 1 radical (unpaired) electrons. The Morgan fingerprint density at radius 3 is 1.12 bits per heavy atom. The zero-order chi connectivity index (χ0) is 12.4. The van der Waals surface area contributed by atoms with Crippen LogP contribution in [0.25, 0.3) is 0 Å². The monoisotopic (exact) mass is 265 g/mol. The summed E-state index contributed by atoms with van der Waals surface area (Å²) in [6.45, 7) is -1.45. The van der Waals surface area contributed by atoms with Crippen molar-refractivity contribution < 1.29 is 39.6 Å². The summed E-state index contributed by atoms with van der Waals surface area (Å²) in [5.74, 6) is 0. The Balaban J connectivity index is -0.000000377. The predicted octanol–water partition coefficient (Wildman–Crippen LogP) is -4.58. The van der Waals surface area contributed by atoms with Gasteiger partial charge in [-0.3, -0.25) is 8.92 Å². The molecule has 4 atom stereocenters. The molecule has 0 aliphatic heterocycles. The molecule has 0 aromatic heterocycles. The summed E-state index contributed by atoms with van der Waals surface area (Å²) in [7, 11) is -1.42. The zero-order valence-corrected chi connectivity index (χ0v) is 11.7. The number of hydrogen-bond donors (Lipinski definition) is 6. The number of rotatable bonds is 5. The molecule has 0 saturated carbocycles. The fraction of sp³-hybridized carbons (Fsp3) is 1.00. The van der Waals surface area contributed by atoms with Gasteiger partial charge in [0.05, 0.1) is 13.2 Å². The first-order valence-corrected chi connectivity index (χ1v) is 4.71. The fourth-order valence-corrected chi connectivity index (χ4v) is 0.671. The Labute approximate surface area is 116 Å². The second kappa shape index (κ2) is 13.6. The SMILES string of the molecule is O=[Si]=O.OC[C@@H](O)[C@@H](O)[C@H](O)[C@@H](O)CO.[Na]. The first-order chi connectivity index (χ1) is 6.95. The molecule has 91 valence electrons. The minimum atomic E-state index is -1.67. The van der Waals surface area contributed by atoms with Crippen LogP contribution in [0.3, 0.4) is 0 Å². The quantitative estimate of drug-likeness (QED) is 0.271. The molecular weight excluding hydrogens is 251 g/mol. The molecule has 0 fully saturated rings. The number of aliphatic hydroxyl groups excluding tert-OH is 6. The van der Waals surface area contributed by atoms with Crippen molar-refractivity contribution in [1.82, 2.24) is 0 Å². The van der Waals surface area contributed by atoms with E-state index >= 15 is 0 Å². The number of aliphatic hydroxyl groups is 6. The normalized spacial score (nSPS) is 16.6. The van der Waals surface area contributed by atoms with Crippen molar-refractivity contribution in [2.24, 2.45) is 0 Å². The van der Waals surface area contributed by atoms with Crippen molar-refractivity contribution in [2.45, 2.75) is 24.4 Å². The molecule has 0 aromatic rings. The molecule has 0 aliphatic rings. The van der Waals surface area contributed by atoms with E-state index in [0.29, 0.717) is 0 Å². The molecule has 10 heteroatoms. The zero-order valence-electron chi connectivity index (χ0n) is 8.72. The summed E-state index contributed by atoms with van der Waals surface area (Å²) in [5.41, 5.74) is 0. The van der Waals surface area contributed by atoms with Crippen LogP contribution in [0.5, 0.6) is 0 Å². The summed E-state index contributed by atoms with van der Waals surface area (Å²) in [5, 5.41) is 52.2. The van der Waals surface area contributed by atoms with Gasteiger partial charge >= 0.3 is 9.29 Å². The second-order valence-corrected chi connectivity index (χ2v) is 2.73. The van der Waals surface area contributed by atoms with E-state index in [1.807, 2.05) is 0 Å². The summed E-state index contributed by atoms with van der Waals surface area (Å²) in [4.78, 5) is 0. The van der Waals surface area contributed by atoms with Crippen LogP contribution in [0.15, 0.2) is 0 Å². The van der Waals surface area contributed by atoms with Gasteiger partial charge in [0, 0.05) is 29.6 Å². The molecule has 0 unspecified atom stereocenters. The van der Waals surface area contributed by atoms with Crippen molar-refractivity contribution in [3.63, 3.8) is 0 Å². The molecule has 8 nitrogen and oxygen atoms in total. The van der Waals surface area contributed by atoms with Crippen molar-refractivity contribution in [2.75, 3.05) is 13.2 Å². The summed E-state index contributed by atoms with van der Waals surface area (Å²) in [6, 6.07) is 0. The smallest absolute Gasteiger partial charge is 0.394 e. The average Bonchev–Trinajstić information content (AvgIpc) is 2.25. The molecule has 0 rings (SSSR count). The molecule has 0 bridgehead atoms. The van der Waals surface area contributed by atoms with Crippen molar-refractivity contribution in [1.29, 1.82) is 0 Å². The van der Waals surface area contributed by atoms with E-state index in [-0.39, 0.29) is 29.6 Å². The Kier molecular flexibility index (Phi) is 18.6. The topological polar surface area (TPSA) is 156 Å². The van der Waals surface area contributed by atoms with Gasteiger partial charge in [-0.15, -0.1) is 0 Å². The Morgan fingerprint density at radius 2 is 1.00 bits per heavy atom. The summed E-state index contributed by atoms with van der Waals surface area (Å²) >= 11 is 0. The molecule has 16 heavy (non-hydrogen) atoms. The maximum absolute atomic E-state index is 8.96. The van der Waals surface area contributed by atoms with Gasteiger partial charge < -0.3 is 30.6 Å². The molecule has 0 spiro atoms. The molecule has 0 heterocycles. The average molecular weight is 265 g/mol. The standard InChI is InChI=1S/C6H14O6.Na.O2Si/c7-1-3(9)5(11)6(12)4(10)2-8;;1-3-2/h3-12H,1-2H2;;/t3-,4+,5-,6-;;/m1../s1. The van der Waals surface area contributed by atoms with E-state index in [1.165, 1.54) is 0 Å². The van der Waals surface area contributed by atoms with Gasteiger partial charge in [0.15, 0.2) is 0 Å². The Morgan fingerprint density at radius 1 is 0.812 bits per heavy atom. The van der Waals surface area contributed by atoms with Gasteiger partial charge in [-0.2, -0.15) is 0 Å². The molecule has 0 saturated heterocycles. The third-order valence-corrected chi connectivity index (χ3v) is 1.51. The maximum Gasteiger partial charge on any atom is 0.549 e. The molecule has 0 aliphatic carbocycles. The van der Waals surface area contributed by atoms with Crippen molar-refractivity contribution in [3.05, 3.63) is 0 Å². The molecule has 6 N–H and O–H groups in total. The third kappa shape index (κ3) is 9.78. The van der Waals surface area contributed by atoms with E-state index in [1.54, 1.807) is 0 Å². The van der Waals surface area contributed by atoms with Crippen molar-refractivity contribution >= 4 is 38.8 Å². The van der Waals surface area contributed by atoms with E-state index in [4.69, 9.17) is 39.6 Å². The van der Waals surface area contributed by atoms with E-state index in [9.17, 15) is 0 Å². The maximum atomic E-state index is 8.96. The van der Waals surface area contributed by atoms with Crippen LogP contribution in [-0.2, 0) is 8.92 Å². The van der Waals surface area contributed by atoms with Crippen LogP contribution in [0, 0.1) is 0 Å². The first-order valence-electron chi connectivity index (χ1n) is 3.89. The van der Waals surface area contributed by atoms with Crippen LogP contribution < -0.4 is 0 Å². The second-order valence-electron chi connectivity index (χ2n) is 2.56. The van der Waals surface area contributed by atoms with Gasteiger partial charge in [-0.1, -0.05) is 0 Å². The predicted molar refractivity (Wildman–Crippen MR) is 51.1 cm³/mol. The van der Waals surface area contributed by atoms with Gasteiger partial charge in [-0.25, -0.2) is 0 Å². The van der Waals surface area contributed by atoms with E-state index < -0.39 is 46.9 Å². The van der Waals surface area contributed by atoms with Crippen LogP contribution in [0.4, 0.5) is 0 Å². The van der Waals surface area contributed by atoms with E-state index in [0.717, 1.165) is 0 Å². The summed E-state index contributed by atoms with van der Waals surface area (Å²) in [6.07, 6.45) is -6.39. The Hall–Kier alpha value is 0.577. The van der Waals surface area contributed by atoms with Crippen LogP contribution >= 0.6 is 0 Å². The van der Waals surface area contributed by atoms with Gasteiger partial charge in [0.25, 0.3) is 0 Å². The van der Waals surface area contributed by atoms with E-state index in [2.05, 4.69) is 0 Å². The largest absolute Gasteiger partial charge is 0.549 e. The van der Waals surface area contributed by atoms with Gasteiger partial charge in [-0.05, 0) is 0 Å². The summed E-state index contributed by atoms with van der Waals surface area (Å²) < 4.78 is 16.8. The number of hydrogen-bond acceptors (Lipinski definition) is 8. The molecule has 0 amide bonds. The minimum Gasteiger partial charge on any atom is -0.394 e. The molecule has 0 aromatic carbocycles. The van der Waals surface area contributed by atoms with Crippen LogP contribution in [0.1, 0.15) is 0 Å². The van der Waals surface area contributed by atoms with Gasteiger partial charge in [0.1, 0.15) is 24.4 Å². The van der Waals surface area contributed by atoms with Crippen LogP contribution in [-0.4, -0.2) is 107 Å². The van der Waals surface area contributed by atoms with Crippen LogP contribution in [0.2, 0.25) is 0 Å². The fourth-order valence-electron chi connectivity index (χ4n) is 0.671.